The third-order valence-electron chi connectivity index (χ3n) is 6.36. The molecule has 3 aliphatic rings. The van der Waals surface area contributed by atoms with E-state index < -0.39 is 10.0 Å². The molecule has 0 aromatic heterocycles. The molecular formula is C22H27N3O3S. The third kappa shape index (κ3) is 3.21. The summed E-state index contributed by atoms with van der Waals surface area (Å²) >= 11 is 0. The van der Waals surface area contributed by atoms with Gasteiger partial charge in [-0.15, -0.1) is 0 Å². The second-order valence-corrected chi connectivity index (χ2v) is 9.98. The average molecular weight is 414 g/mol. The summed E-state index contributed by atoms with van der Waals surface area (Å²) in [5, 5.41) is 0. The molecule has 0 aliphatic carbocycles. The number of anilines is 2. The first-order chi connectivity index (χ1) is 14.1. The van der Waals surface area contributed by atoms with Crippen molar-refractivity contribution in [2.24, 2.45) is 0 Å². The van der Waals surface area contributed by atoms with E-state index in [1.807, 2.05) is 12.1 Å². The molecular weight excluding hydrogens is 386 g/mol. The Morgan fingerprint density at radius 3 is 2.62 bits per heavy atom. The maximum atomic E-state index is 13.2. The molecule has 2 fully saturated rings. The number of hydrogen-bond donors (Lipinski definition) is 0. The van der Waals surface area contributed by atoms with Crippen LogP contribution in [0.3, 0.4) is 0 Å². The van der Waals surface area contributed by atoms with Gasteiger partial charge in [0.25, 0.3) is 0 Å². The molecule has 0 amide bonds. The van der Waals surface area contributed by atoms with E-state index in [1.54, 1.807) is 10.4 Å². The maximum Gasteiger partial charge on any atom is 0.243 e. The molecule has 1 unspecified atom stereocenters. The highest BCUT2D eigenvalue weighted by atomic mass is 32.2. The summed E-state index contributed by atoms with van der Waals surface area (Å²) in [6.45, 7) is 5.71. The van der Waals surface area contributed by atoms with Gasteiger partial charge in [0.1, 0.15) is 6.17 Å². The Morgan fingerprint density at radius 2 is 1.83 bits per heavy atom. The molecule has 29 heavy (non-hydrogen) atoms. The van der Waals surface area contributed by atoms with Crippen molar-refractivity contribution in [3.05, 3.63) is 53.6 Å². The smallest absolute Gasteiger partial charge is 0.243 e. The number of sulfonamides is 1. The maximum absolute atomic E-state index is 13.2. The van der Waals surface area contributed by atoms with Gasteiger partial charge in [-0.25, -0.2) is 8.42 Å². The highest BCUT2D eigenvalue weighted by Gasteiger charge is 2.40. The van der Waals surface area contributed by atoms with Crippen molar-refractivity contribution in [1.29, 1.82) is 0 Å². The fraction of sp³-hybridized carbons (Fsp3) is 0.455. The Kier molecular flexibility index (Phi) is 4.76. The Labute approximate surface area is 172 Å². The van der Waals surface area contributed by atoms with Crippen LogP contribution >= 0.6 is 0 Å². The molecule has 3 heterocycles. The fourth-order valence-electron chi connectivity index (χ4n) is 4.75. The zero-order chi connectivity index (χ0) is 20.0. The molecule has 7 heteroatoms. The summed E-state index contributed by atoms with van der Waals surface area (Å²) in [6.07, 6.45) is 2.58. The van der Waals surface area contributed by atoms with Crippen LogP contribution in [0.2, 0.25) is 0 Å². The standard InChI is InChI=1S/C22H27N3O3S/c1-17-5-2-3-6-18(17)16-25-21-15-19(29(26,27)23-11-13-28-14-12-23)8-9-20(21)24-10-4-7-22(24)25/h2-3,5-6,8-9,15,22H,4,7,10-14,16H2,1H3. The number of fused-ring (bicyclic) bond motifs is 3. The van der Waals surface area contributed by atoms with Crippen LogP contribution in [0.5, 0.6) is 0 Å². The highest BCUT2D eigenvalue weighted by molar-refractivity contribution is 7.89. The number of benzene rings is 2. The van der Waals surface area contributed by atoms with Gasteiger partial charge in [0, 0.05) is 26.2 Å². The molecule has 6 nitrogen and oxygen atoms in total. The Hall–Kier alpha value is -2.09. The fourth-order valence-corrected chi connectivity index (χ4v) is 6.18. The van der Waals surface area contributed by atoms with E-state index >= 15 is 0 Å². The van der Waals surface area contributed by atoms with Crippen LogP contribution in [0.15, 0.2) is 47.4 Å². The van der Waals surface area contributed by atoms with Gasteiger partial charge < -0.3 is 14.5 Å². The van der Waals surface area contributed by atoms with Crippen LogP contribution < -0.4 is 9.80 Å². The van der Waals surface area contributed by atoms with Gasteiger partial charge in [0.05, 0.1) is 29.5 Å². The van der Waals surface area contributed by atoms with Crippen molar-refractivity contribution in [1.82, 2.24) is 4.31 Å². The first-order valence-corrected chi connectivity index (χ1v) is 11.8. The molecule has 154 valence electrons. The second kappa shape index (κ2) is 7.31. The highest BCUT2D eigenvalue weighted by Crippen LogP contribution is 2.46. The summed E-state index contributed by atoms with van der Waals surface area (Å²) < 4.78 is 33.3. The van der Waals surface area contributed by atoms with Crippen LogP contribution in [-0.4, -0.2) is 51.7 Å². The molecule has 1 atom stereocenters. The molecule has 0 radical (unpaired) electrons. The number of ether oxygens (including phenoxy) is 1. The summed E-state index contributed by atoms with van der Waals surface area (Å²) in [4.78, 5) is 5.20. The molecule has 2 aromatic rings. The monoisotopic (exact) mass is 413 g/mol. The Morgan fingerprint density at radius 1 is 1.03 bits per heavy atom. The van der Waals surface area contributed by atoms with Crippen LogP contribution in [0, 0.1) is 6.92 Å². The van der Waals surface area contributed by atoms with E-state index in [4.69, 9.17) is 4.74 Å². The van der Waals surface area contributed by atoms with Crippen molar-refractivity contribution < 1.29 is 13.2 Å². The molecule has 2 saturated heterocycles. The zero-order valence-electron chi connectivity index (χ0n) is 16.8. The largest absolute Gasteiger partial charge is 0.379 e. The average Bonchev–Trinajstić information content (AvgIpc) is 3.32. The van der Waals surface area contributed by atoms with Gasteiger partial charge in [-0.1, -0.05) is 24.3 Å². The molecule has 0 spiro atoms. The number of nitrogens with zero attached hydrogens (tertiary/aromatic N) is 3. The van der Waals surface area contributed by atoms with Gasteiger partial charge in [-0.3, -0.25) is 0 Å². The summed E-state index contributed by atoms with van der Waals surface area (Å²) in [6, 6.07) is 14.1. The first kappa shape index (κ1) is 18.9. The summed E-state index contributed by atoms with van der Waals surface area (Å²) in [7, 11) is -3.50. The normalized spacial score (nSPS) is 22.0. The zero-order valence-corrected chi connectivity index (χ0v) is 17.6. The molecule has 0 N–H and O–H groups in total. The molecule has 2 aromatic carbocycles. The SMILES string of the molecule is Cc1ccccc1CN1c2cc(S(=O)(=O)N3CCOCC3)ccc2N2CCCC21. The predicted molar refractivity (Wildman–Crippen MR) is 114 cm³/mol. The van der Waals surface area contributed by atoms with Crippen LogP contribution in [0.25, 0.3) is 0 Å². The molecule has 0 bridgehead atoms. The van der Waals surface area contributed by atoms with E-state index in [0.29, 0.717) is 37.4 Å². The van der Waals surface area contributed by atoms with Crippen molar-refractivity contribution in [3.8, 4) is 0 Å². The first-order valence-electron chi connectivity index (χ1n) is 10.4. The van der Waals surface area contributed by atoms with E-state index in [-0.39, 0.29) is 0 Å². The van der Waals surface area contributed by atoms with E-state index in [0.717, 1.165) is 30.9 Å². The Bertz CT molecular complexity index is 1020. The lowest BCUT2D eigenvalue weighted by Crippen LogP contribution is -2.40. The molecule has 5 rings (SSSR count). The lowest BCUT2D eigenvalue weighted by atomic mass is 10.1. The van der Waals surface area contributed by atoms with Crippen LogP contribution in [-0.2, 0) is 21.3 Å². The lowest BCUT2D eigenvalue weighted by Gasteiger charge is -2.28. The minimum Gasteiger partial charge on any atom is -0.379 e. The molecule has 3 aliphatic heterocycles. The van der Waals surface area contributed by atoms with E-state index in [9.17, 15) is 8.42 Å². The van der Waals surface area contributed by atoms with Gasteiger partial charge >= 0.3 is 0 Å². The van der Waals surface area contributed by atoms with Crippen molar-refractivity contribution in [2.75, 3.05) is 42.6 Å². The topological polar surface area (TPSA) is 53.1 Å². The van der Waals surface area contributed by atoms with Crippen molar-refractivity contribution in [2.45, 2.75) is 37.4 Å². The third-order valence-corrected chi connectivity index (χ3v) is 8.25. The summed E-state index contributed by atoms with van der Waals surface area (Å²) in [5.41, 5.74) is 4.74. The Balaban J connectivity index is 1.53. The van der Waals surface area contributed by atoms with E-state index in [2.05, 4.69) is 41.0 Å². The van der Waals surface area contributed by atoms with E-state index in [1.165, 1.54) is 17.5 Å². The quantitative estimate of drug-likeness (QED) is 0.771. The minimum atomic E-state index is -3.50. The van der Waals surface area contributed by atoms with Crippen molar-refractivity contribution in [3.63, 3.8) is 0 Å². The number of rotatable bonds is 4. The van der Waals surface area contributed by atoms with Gasteiger partial charge in [0.15, 0.2) is 0 Å². The minimum absolute atomic E-state index is 0.311. The molecule has 0 saturated carbocycles. The number of morpholine rings is 1. The number of aryl methyl sites for hydroxylation is 1. The predicted octanol–water partition coefficient (Wildman–Crippen LogP) is 2.96. The van der Waals surface area contributed by atoms with Crippen molar-refractivity contribution >= 4 is 21.4 Å². The van der Waals surface area contributed by atoms with Crippen LogP contribution in [0.4, 0.5) is 11.4 Å². The van der Waals surface area contributed by atoms with Gasteiger partial charge in [0.2, 0.25) is 10.0 Å². The van der Waals surface area contributed by atoms with Crippen LogP contribution in [0.1, 0.15) is 24.0 Å². The number of hydrogen-bond acceptors (Lipinski definition) is 5. The van der Waals surface area contributed by atoms with Gasteiger partial charge in [-0.05, 0) is 49.1 Å². The lowest BCUT2D eigenvalue weighted by molar-refractivity contribution is 0.0730. The summed E-state index contributed by atoms with van der Waals surface area (Å²) in [5.74, 6) is 0. The van der Waals surface area contributed by atoms with Gasteiger partial charge in [-0.2, -0.15) is 4.31 Å². The second-order valence-electron chi connectivity index (χ2n) is 8.04.